The predicted octanol–water partition coefficient (Wildman–Crippen LogP) is -0.220. The van der Waals surface area contributed by atoms with Crippen molar-refractivity contribution in [3.63, 3.8) is 0 Å². The van der Waals surface area contributed by atoms with E-state index in [1.807, 2.05) is 0 Å². The van der Waals surface area contributed by atoms with Gasteiger partial charge in [0.1, 0.15) is 0 Å². The molecule has 2 saturated heterocycles. The number of hydrogen-bond acceptors (Lipinski definition) is 5. The smallest absolute Gasteiger partial charge is 0.237 e. The van der Waals surface area contributed by atoms with Crippen LogP contribution in [0.15, 0.2) is 0 Å². The highest BCUT2D eigenvalue weighted by Gasteiger charge is 2.29. The van der Waals surface area contributed by atoms with E-state index in [2.05, 4.69) is 29.4 Å². The number of aliphatic hydroxyl groups is 1. The topological polar surface area (TPSA) is 73.8 Å². The summed E-state index contributed by atoms with van der Waals surface area (Å²) >= 11 is 0. The Hall–Kier alpha value is -0.110. The van der Waals surface area contributed by atoms with Crippen LogP contribution in [0.2, 0.25) is 0 Å². The molecule has 8 heteroatoms. The van der Waals surface area contributed by atoms with Crippen LogP contribution in [0.5, 0.6) is 0 Å². The molecule has 6 nitrogen and oxygen atoms in total. The van der Waals surface area contributed by atoms with Crippen LogP contribution in [0.4, 0.5) is 0 Å². The van der Waals surface area contributed by atoms with Crippen LogP contribution < -0.4 is 10.6 Å². The SMILES string of the molecule is CC1(C)CN(CCNC(=O)C2CC(O)CN2)CCO1.Cl.Cl. The van der Waals surface area contributed by atoms with Crippen molar-refractivity contribution in [1.82, 2.24) is 15.5 Å². The molecule has 0 aromatic rings. The van der Waals surface area contributed by atoms with Crippen LogP contribution in [-0.2, 0) is 9.53 Å². The Bertz CT molecular complexity index is 332. The van der Waals surface area contributed by atoms with E-state index in [9.17, 15) is 9.90 Å². The Balaban J connectivity index is 0.00000200. The van der Waals surface area contributed by atoms with Gasteiger partial charge in [0.2, 0.25) is 5.91 Å². The number of ether oxygens (including phenoxy) is 1. The number of morpholine rings is 1. The number of carbonyl (C=O) groups excluding carboxylic acids is 1. The Morgan fingerprint density at radius 2 is 2.19 bits per heavy atom. The molecule has 2 heterocycles. The fourth-order valence-corrected chi connectivity index (χ4v) is 2.68. The molecule has 0 bridgehead atoms. The Kier molecular flexibility index (Phi) is 9.08. The van der Waals surface area contributed by atoms with E-state index in [-0.39, 0.29) is 42.4 Å². The lowest BCUT2D eigenvalue weighted by Crippen LogP contribution is -2.51. The number of rotatable bonds is 4. The van der Waals surface area contributed by atoms with E-state index >= 15 is 0 Å². The predicted molar refractivity (Wildman–Crippen MR) is 86.4 cm³/mol. The summed E-state index contributed by atoms with van der Waals surface area (Å²) in [5, 5.41) is 15.3. The number of hydrogen-bond donors (Lipinski definition) is 3. The molecule has 0 aromatic heterocycles. The summed E-state index contributed by atoms with van der Waals surface area (Å²) in [6.45, 7) is 8.72. The molecule has 2 aliphatic heterocycles. The highest BCUT2D eigenvalue weighted by atomic mass is 35.5. The maximum atomic E-state index is 11.8. The number of amides is 1. The van der Waals surface area contributed by atoms with Crippen molar-refractivity contribution in [2.24, 2.45) is 0 Å². The molecular formula is C13H27Cl2N3O3. The maximum absolute atomic E-state index is 11.8. The molecule has 2 rings (SSSR count). The Labute approximate surface area is 138 Å². The fraction of sp³-hybridized carbons (Fsp3) is 0.923. The molecule has 0 spiro atoms. The third kappa shape index (κ3) is 6.67. The molecule has 0 aromatic carbocycles. The summed E-state index contributed by atoms with van der Waals surface area (Å²) < 4.78 is 5.65. The highest BCUT2D eigenvalue weighted by molar-refractivity contribution is 5.85. The van der Waals surface area contributed by atoms with Gasteiger partial charge in [-0.3, -0.25) is 9.69 Å². The number of aliphatic hydroxyl groups excluding tert-OH is 1. The average Bonchev–Trinajstić information content (AvgIpc) is 2.74. The first-order chi connectivity index (χ1) is 8.96. The zero-order chi connectivity index (χ0) is 13.9. The van der Waals surface area contributed by atoms with Crippen molar-refractivity contribution >= 4 is 30.7 Å². The van der Waals surface area contributed by atoms with Crippen LogP contribution in [0.3, 0.4) is 0 Å². The zero-order valence-corrected chi connectivity index (χ0v) is 14.3. The molecule has 0 aliphatic carbocycles. The summed E-state index contributed by atoms with van der Waals surface area (Å²) in [6, 6.07) is -0.240. The minimum Gasteiger partial charge on any atom is -0.392 e. The van der Waals surface area contributed by atoms with Crippen LogP contribution >= 0.6 is 24.8 Å². The van der Waals surface area contributed by atoms with Crippen molar-refractivity contribution in [1.29, 1.82) is 0 Å². The maximum Gasteiger partial charge on any atom is 0.237 e. The Morgan fingerprint density at radius 1 is 1.48 bits per heavy atom. The molecule has 2 unspecified atom stereocenters. The normalized spacial score (nSPS) is 28.3. The molecule has 0 radical (unpaired) electrons. The van der Waals surface area contributed by atoms with Gasteiger partial charge in [0.15, 0.2) is 0 Å². The van der Waals surface area contributed by atoms with Gasteiger partial charge >= 0.3 is 0 Å². The summed E-state index contributed by atoms with van der Waals surface area (Å²) in [5.74, 6) is -0.0101. The van der Waals surface area contributed by atoms with Gasteiger partial charge in [-0.15, -0.1) is 24.8 Å². The molecule has 21 heavy (non-hydrogen) atoms. The number of β-amino-alcohol motifs (C(OH)–C–C–N with tert-alkyl or cyclic N) is 1. The lowest BCUT2D eigenvalue weighted by molar-refractivity contribution is -0.123. The van der Waals surface area contributed by atoms with Crippen LogP contribution in [0.25, 0.3) is 0 Å². The summed E-state index contributed by atoms with van der Waals surface area (Å²) in [7, 11) is 0. The minimum absolute atomic E-state index is 0. The van der Waals surface area contributed by atoms with Gasteiger partial charge in [-0.05, 0) is 20.3 Å². The van der Waals surface area contributed by atoms with E-state index < -0.39 is 6.10 Å². The van der Waals surface area contributed by atoms with Gasteiger partial charge in [0, 0.05) is 32.7 Å². The van der Waals surface area contributed by atoms with E-state index in [1.54, 1.807) is 0 Å². The third-order valence-corrected chi connectivity index (χ3v) is 3.66. The van der Waals surface area contributed by atoms with Crippen LogP contribution in [0, 0.1) is 0 Å². The second-order valence-electron chi connectivity index (χ2n) is 6.03. The number of halogens is 2. The van der Waals surface area contributed by atoms with Gasteiger partial charge in [0.25, 0.3) is 0 Å². The van der Waals surface area contributed by atoms with E-state index in [0.29, 0.717) is 19.5 Å². The quantitative estimate of drug-likeness (QED) is 0.658. The van der Waals surface area contributed by atoms with Crippen molar-refractivity contribution in [2.75, 3.05) is 39.3 Å². The summed E-state index contributed by atoms with van der Waals surface area (Å²) in [5.41, 5.74) is -0.0978. The summed E-state index contributed by atoms with van der Waals surface area (Å²) in [4.78, 5) is 14.1. The first kappa shape index (κ1) is 20.9. The largest absolute Gasteiger partial charge is 0.392 e. The van der Waals surface area contributed by atoms with Crippen molar-refractivity contribution in [2.45, 2.75) is 38.0 Å². The molecule has 126 valence electrons. The molecular weight excluding hydrogens is 317 g/mol. The lowest BCUT2D eigenvalue weighted by Gasteiger charge is -2.38. The molecule has 0 saturated carbocycles. The zero-order valence-electron chi connectivity index (χ0n) is 12.6. The number of nitrogens with zero attached hydrogens (tertiary/aromatic N) is 1. The third-order valence-electron chi connectivity index (χ3n) is 3.66. The van der Waals surface area contributed by atoms with E-state index in [1.165, 1.54) is 0 Å². The lowest BCUT2D eigenvalue weighted by atomic mass is 10.1. The number of nitrogens with one attached hydrogen (secondary N) is 2. The minimum atomic E-state index is -0.393. The first-order valence-electron chi connectivity index (χ1n) is 7.02. The van der Waals surface area contributed by atoms with E-state index in [0.717, 1.165) is 26.2 Å². The second-order valence-corrected chi connectivity index (χ2v) is 6.03. The van der Waals surface area contributed by atoms with Gasteiger partial charge in [-0.25, -0.2) is 0 Å². The Morgan fingerprint density at radius 3 is 2.76 bits per heavy atom. The van der Waals surface area contributed by atoms with Gasteiger partial charge in [-0.1, -0.05) is 0 Å². The molecule has 3 N–H and O–H groups in total. The summed E-state index contributed by atoms with van der Waals surface area (Å²) in [6.07, 6.45) is 0.118. The molecule has 1 amide bonds. The van der Waals surface area contributed by atoms with Gasteiger partial charge in [-0.2, -0.15) is 0 Å². The molecule has 2 aliphatic rings. The fourth-order valence-electron chi connectivity index (χ4n) is 2.68. The standard InChI is InChI=1S/C13H25N3O3.2ClH/c1-13(2)9-16(5-6-19-13)4-3-14-12(18)11-7-10(17)8-15-11;;/h10-11,15,17H,3-9H2,1-2H3,(H,14,18);2*1H. The first-order valence-corrected chi connectivity index (χ1v) is 7.02. The average molecular weight is 344 g/mol. The molecule has 2 fully saturated rings. The molecule has 2 atom stereocenters. The van der Waals surface area contributed by atoms with Crippen LogP contribution in [0.1, 0.15) is 20.3 Å². The van der Waals surface area contributed by atoms with Crippen LogP contribution in [-0.4, -0.2) is 73.0 Å². The van der Waals surface area contributed by atoms with Crippen molar-refractivity contribution < 1.29 is 14.6 Å². The van der Waals surface area contributed by atoms with Crippen molar-refractivity contribution in [3.05, 3.63) is 0 Å². The van der Waals surface area contributed by atoms with Gasteiger partial charge in [0.05, 0.1) is 24.4 Å². The van der Waals surface area contributed by atoms with E-state index in [4.69, 9.17) is 4.74 Å². The van der Waals surface area contributed by atoms with Crippen molar-refractivity contribution in [3.8, 4) is 0 Å². The highest BCUT2D eigenvalue weighted by Crippen LogP contribution is 2.15. The second kappa shape index (κ2) is 9.12. The monoisotopic (exact) mass is 343 g/mol. The number of carbonyl (C=O) groups is 1. The van der Waals surface area contributed by atoms with Gasteiger partial charge < -0.3 is 20.5 Å².